The molecule has 2 N–H and O–H groups in total. The normalized spacial score (nSPS) is 27.5. The highest BCUT2D eigenvalue weighted by Crippen LogP contribution is 2.19. The first-order chi connectivity index (χ1) is 6.67. The molecule has 0 aromatic rings. The molecule has 1 aliphatic rings. The number of piperidine rings is 1. The topological polar surface area (TPSA) is 55.6 Å². The fourth-order valence-electron chi connectivity index (χ4n) is 1.91. The number of nitrogens with zero attached hydrogens (tertiary/aromatic N) is 1. The summed E-state index contributed by atoms with van der Waals surface area (Å²) >= 11 is 0. The molecule has 82 valence electrons. The van der Waals surface area contributed by atoms with Gasteiger partial charge in [0.2, 0.25) is 0 Å². The largest absolute Gasteiger partial charge is 0.450 e. The van der Waals surface area contributed by atoms with Gasteiger partial charge in [0.25, 0.3) is 0 Å². The van der Waals surface area contributed by atoms with Gasteiger partial charge in [-0.2, -0.15) is 0 Å². The number of likely N-dealkylation sites (tertiary alicyclic amines) is 1. The minimum atomic E-state index is -0.221. The standard InChI is InChI=1S/C10H20N2O2/c1-3-8-5-9(11)7-12(6-8)10(13)14-4-2/h8-9H,3-7,11H2,1-2H3. The summed E-state index contributed by atoms with van der Waals surface area (Å²) in [4.78, 5) is 13.2. The second-order valence-electron chi connectivity index (χ2n) is 3.87. The van der Waals surface area contributed by atoms with Gasteiger partial charge in [-0.3, -0.25) is 0 Å². The molecule has 0 saturated carbocycles. The Kier molecular flexibility index (Phi) is 4.20. The Bertz CT molecular complexity index is 197. The fraction of sp³-hybridized carbons (Fsp3) is 0.900. The van der Waals surface area contributed by atoms with Gasteiger partial charge in [0.1, 0.15) is 0 Å². The lowest BCUT2D eigenvalue weighted by Crippen LogP contribution is -2.49. The molecule has 0 radical (unpaired) electrons. The lowest BCUT2D eigenvalue weighted by molar-refractivity contribution is 0.0827. The van der Waals surface area contributed by atoms with Crippen molar-refractivity contribution < 1.29 is 9.53 Å². The average molecular weight is 200 g/mol. The maximum Gasteiger partial charge on any atom is 0.409 e. The van der Waals surface area contributed by atoms with Gasteiger partial charge in [0.15, 0.2) is 0 Å². The van der Waals surface area contributed by atoms with Gasteiger partial charge in [-0.15, -0.1) is 0 Å². The summed E-state index contributed by atoms with van der Waals surface area (Å²) in [5.74, 6) is 0.531. The number of amides is 1. The van der Waals surface area contributed by atoms with E-state index in [2.05, 4.69) is 6.92 Å². The van der Waals surface area contributed by atoms with Crippen LogP contribution in [0.1, 0.15) is 26.7 Å². The molecule has 1 amide bonds. The first-order valence-corrected chi connectivity index (χ1v) is 5.34. The average Bonchev–Trinajstić information content (AvgIpc) is 2.17. The molecule has 1 heterocycles. The van der Waals surface area contributed by atoms with E-state index in [9.17, 15) is 4.79 Å². The molecule has 1 fully saturated rings. The monoisotopic (exact) mass is 200 g/mol. The predicted molar refractivity (Wildman–Crippen MR) is 55.0 cm³/mol. The Labute approximate surface area is 85.4 Å². The van der Waals surface area contributed by atoms with Gasteiger partial charge >= 0.3 is 6.09 Å². The van der Waals surface area contributed by atoms with Crippen LogP contribution in [0, 0.1) is 5.92 Å². The van der Waals surface area contributed by atoms with Gasteiger partial charge in [-0.25, -0.2) is 4.79 Å². The highest BCUT2D eigenvalue weighted by Gasteiger charge is 2.27. The van der Waals surface area contributed by atoms with E-state index in [0.717, 1.165) is 19.4 Å². The number of hydrogen-bond donors (Lipinski definition) is 1. The second kappa shape index (κ2) is 5.20. The van der Waals surface area contributed by atoms with Crippen molar-refractivity contribution in [3.8, 4) is 0 Å². The summed E-state index contributed by atoms with van der Waals surface area (Å²) < 4.78 is 4.95. The molecule has 2 atom stereocenters. The molecule has 4 heteroatoms. The summed E-state index contributed by atoms with van der Waals surface area (Å²) in [6.45, 7) is 5.81. The van der Waals surface area contributed by atoms with Crippen LogP contribution >= 0.6 is 0 Å². The molecule has 2 unspecified atom stereocenters. The van der Waals surface area contributed by atoms with Crippen LogP contribution in [-0.2, 0) is 4.74 Å². The smallest absolute Gasteiger partial charge is 0.409 e. The number of carbonyl (C=O) groups is 1. The van der Waals surface area contributed by atoms with Gasteiger partial charge in [0.05, 0.1) is 6.61 Å². The molecule has 0 spiro atoms. The van der Waals surface area contributed by atoms with Gasteiger partial charge in [-0.1, -0.05) is 13.3 Å². The van der Waals surface area contributed by atoms with E-state index < -0.39 is 0 Å². The number of ether oxygens (including phenoxy) is 1. The SMILES string of the molecule is CCOC(=O)N1CC(N)CC(CC)C1. The Morgan fingerprint density at radius 3 is 2.79 bits per heavy atom. The zero-order valence-electron chi connectivity index (χ0n) is 9.03. The third kappa shape index (κ3) is 2.87. The Balaban J connectivity index is 2.48. The van der Waals surface area contributed by atoms with Crippen molar-refractivity contribution in [1.82, 2.24) is 4.90 Å². The molecule has 0 bridgehead atoms. The Hall–Kier alpha value is -0.770. The molecule has 0 aromatic heterocycles. The van der Waals surface area contributed by atoms with E-state index in [0.29, 0.717) is 19.1 Å². The van der Waals surface area contributed by atoms with Crippen molar-refractivity contribution in [3.63, 3.8) is 0 Å². The predicted octanol–water partition coefficient (Wildman–Crippen LogP) is 1.20. The third-order valence-electron chi connectivity index (χ3n) is 2.67. The highest BCUT2D eigenvalue weighted by molar-refractivity contribution is 5.67. The van der Waals surface area contributed by atoms with Crippen LogP contribution in [0.15, 0.2) is 0 Å². The lowest BCUT2D eigenvalue weighted by Gasteiger charge is -2.35. The van der Waals surface area contributed by atoms with E-state index >= 15 is 0 Å². The van der Waals surface area contributed by atoms with Crippen molar-refractivity contribution in [2.45, 2.75) is 32.7 Å². The van der Waals surface area contributed by atoms with Crippen LogP contribution < -0.4 is 5.73 Å². The van der Waals surface area contributed by atoms with E-state index in [4.69, 9.17) is 10.5 Å². The molecule has 14 heavy (non-hydrogen) atoms. The molecule has 4 nitrogen and oxygen atoms in total. The zero-order chi connectivity index (χ0) is 10.6. The van der Waals surface area contributed by atoms with E-state index in [-0.39, 0.29) is 12.1 Å². The van der Waals surface area contributed by atoms with Crippen molar-refractivity contribution in [2.24, 2.45) is 11.7 Å². The molecule has 1 rings (SSSR count). The fourth-order valence-corrected chi connectivity index (χ4v) is 1.91. The van der Waals surface area contributed by atoms with Gasteiger partial charge in [0, 0.05) is 19.1 Å². The minimum Gasteiger partial charge on any atom is -0.450 e. The molecular weight excluding hydrogens is 180 g/mol. The lowest BCUT2D eigenvalue weighted by atomic mass is 9.93. The van der Waals surface area contributed by atoms with Crippen LogP contribution in [0.4, 0.5) is 4.79 Å². The molecule has 0 aliphatic carbocycles. The van der Waals surface area contributed by atoms with Crippen LogP contribution in [0.3, 0.4) is 0 Å². The molecule has 1 saturated heterocycles. The van der Waals surface area contributed by atoms with E-state index in [1.165, 1.54) is 0 Å². The summed E-state index contributed by atoms with van der Waals surface area (Å²) in [6.07, 6.45) is 1.87. The zero-order valence-corrected chi connectivity index (χ0v) is 9.03. The number of rotatable bonds is 2. The van der Waals surface area contributed by atoms with Crippen LogP contribution in [-0.4, -0.2) is 36.7 Å². The maximum atomic E-state index is 11.5. The quantitative estimate of drug-likeness (QED) is 0.728. The third-order valence-corrected chi connectivity index (χ3v) is 2.67. The summed E-state index contributed by atoms with van der Waals surface area (Å²) in [7, 11) is 0. The summed E-state index contributed by atoms with van der Waals surface area (Å²) in [5.41, 5.74) is 5.88. The first-order valence-electron chi connectivity index (χ1n) is 5.34. The molecule has 1 aliphatic heterocycles. The van der Waals surface area contributed by atoms with Crippen LogP contribution in [0.2, 0.25) is 0 Å². The molecule has 0 aromatic carbocycles. The van der Waals surface area contributed by atoms with Crippen molar-refractivity contribution in [2.75, 3.05) is 19.7 Å². The Morgan fingerprint density at radius 1 is 1.50 bits per heavy atom. The highest BCUT2D eigenvalue weighted by atomic mass is 16.6. The van der Waals surface area contributed by atoms with Crippen LogP contribution in [0.5, 0.6) is 0 Å². The van der Waals surface area contributed by atoms with Crippen molar-refractivity contribution >= 4 is 6.09 Å². The van der Waals surface area contributed by atoms with Crippen LogP contribution in [0.25, 0.3) is 0 Å². The number of carbonyl (C=O) groups excluding carboxylic acids is 1. The second-order valence-corrected chi connectivity index (χ2v) is 3.87. The van der Waals surface area contributed by atoms with Crippen molar-refractivity contribution in [3.05, 3.63) is 0 Å². The summed E-state index contributed by atoms with van der Waals surface area (Å²) in [6, 6.07) is 0.109. The Morgan fingerprint density at radius 2 is 2.21 bits per heavy atom. The van der Waals surface area contributed by atoms with Gasteiger partial charge in [-0.05, 0) is 19.3 Å². The number of hydrogen-bond acceptors (Lipinski definition) is 3. The number of nitrogens with two attached hydrogens (primary N) is 1. The van der Waals surface area contributed by atoms with E-state index in [1.807, 2.05) is 6.92 Å². The minimum absolute atomic E-state index is 0.109. The van der Waals surface area contributed by atoms with Crippen molar-refractivity contribution in [1.29, 1.82) is 0 Å². The van der Waals surface area contributed by atoms with Gasteiger partial charge < -0.3 is 15.4 Å². The first kappa shape index (κ1) is 11.3. The summed E-state index contributed by atoms with van der Waals surface area (Å²) in [5, 5.41) is 0. The maximum absolute atomic E-state index is 11.5. The molecular formula is C10H20N2O2. The van der Waals surface area contributed by atoms with E-state index in [1.54, 1.807) is 4.90 Å².